The number of carbonyl (C=O) groups excluding carboxylic acids is 1. The van der Waals surface area contributed by atoms with Crippen molar-refractivity contribution in [2.24, 2.45) is 0 Å². The predicted molar refractivity (Wildman–Crippen MR) is 57.5 cm³/mol. The third-order valence-corrected chi connectivity index (χ3v) is 2.28. The number of esters is 1. The Hall–Kier alpha value is -1.90. The zero-order chi connectivity index (χ0) is 10.7. The molecule has 0 aliphatic rings. The van der Waals surface area contributed by atoms with Crippen LogP contribution in [0.4, 0.5) is 0 Å². The monoisotopic (exact) mass is 201 g/mol. The van der Waals surface area contributed by atoms with E-state index in [2.05, 4.69) is 9.72 Å². The predicted octanol–water partition coefficient (Wildman–Crippen LogP) is 1.95. The largest absolute Gasteiger partial charge is 0.469 e. The topological polar surface area (TPSA) is 39.2 Å². The fraction of sp³-hybridized carbons (Fsp3) is 0.167. The number of rotatable bonds is 2. The van der Waals surface area contributed by atoms with Crippen molar-refractivity contribution in [1.29, 1.82) is 0 Å². The van der Waals surface area contributed by atoms with Gasteiger partial charge in [0.1, 0.15) is 0 Å². The first-order chi connectivity index (χ1) is 7.29. The maximum Gasteiger partial charge on any atom is 0.309 e. The summed E-state index contributed by atoms with van der Waals surface area (Å²) >= 11 is 0. The van der Waals surface area contributed by atoms with Crippen LogP contribution in [0.3, 0.4) is 0 Å². The van der Waals surface area contributed by atoms with E-state index in [0.717, 1.165) is 16.3 Å². The van der Waals surface area contributed by atoms with Gasteiger partial charge in [-0.2, -0.15) is 0 Å². The number of benzene rings is 1. The average molecular weight is 201 g/mol. The first kappa shape index (κ1) is 9.65. The molecular formula is C12H11NO2. The van der Waals surface area contributed by atoms with Gasteiger partial charge in [-0.25, -0.2) is 0 Å². The van der Waals surface area contributed by atoms with Gasteiger partial charge in [0.2, 0.25) is 0 Å². The van der Waals surface area contributed by atoms with E-state index in [9.17, 15) is 4.79 Å². The highest BCUT2D eigenvalue weighted by Gasteiger charge is 2.03. The van der Waals surface area contributed by atoms with Crippen molar-refractivity contribution in [2.45, 2.75) is 6.42 Å². The van der Waals surface area contributed by atoms with Crippen LogP contribution in [0.5, 0.6) is 0 Å². The molecule has 3 heteroatoms. The Bertz CT molecular complexity index is 494. The van der Waals surface area contributed by atoms with Gasteiger partial charge in [0.05, 0.1) is 13.5 Å². The molecule has 0 atom stereocenters. The van der Waals surface area contributed by atoms with Crippen molar-refractivity contribution < 1.29 is 9.53 Å². The molecule has 0 unspecified atom stereocenters. The molecule has 0 amide bonds. The number of fused-ring (bicyclic) bond motifs is 1. The third-order valence-electron chi connectivity index (χ3n) is 2.28. The molecule has 0 aliphatic heterocycles. The highest BCUT2D eigenvalue weighted by Crippen LogP contribution is 2.14. The summed E-state index contributed by atoms with van der Waals surface area (Å²) < 4.78 is 4.61. The van der Waals surface area contributed by atoms with Gasteiger partial charge in [-0.15, -0.1) is 0 Å². The maximum absolute atomic E-state index is 11.1. The second-order valence-corrected chi connectivity index (χ2v) is 3.31. The van der Waals surface area contributed by atoms with Crippen LogP contribution in [-0.4, -0.2) is 18.1 Å². The molecular weight excluding hydrogens is 190 g/mol. The van der Waals surface area contributed by atoms with Crippen LogP contribution in [0.25, 0.3) is 10.8 Å². The minimum atomic E-state index is -0.224. The number of hydrogen-bond acceptors (Lipinski definition) is 3. The van der Waals surface area contributed by atoms with E-state index in [-0.39, 0.29) is 5.97 Å². The van der Waals surface area contributed by atoms with Gasteiger partial charge in [-0.3, -0.25) is 9.78 Å². The van der Waals surface area contributed by atoms with Crippen LogP contribution in [0, 0.1) is 0 Å². The van der Waals surface area contributed by atoms with Gasteiger partial charge < -0.3 is 4.74 Å². The summed E-state index contributed by atoms with van der Waals surface area (Å²) in [6, 6.07) is 7.81. The summed E-state index contributed by atoms with van der Waals surface area (Å²) in [4.78, 5) is 15.1. The fourth-order valence-corrected chi connectivity index (χ4v) is 1.48. The molecule has 15 heavy (non-hydrogen) atoms. The number of pyridine rings is 1. The lowest BCUT2D eigenvalue weighted by atomic mass is 10.1. The van der Waals surface area contributed by atoms with Gasteiger partial charge in [-0.05, 0) is 23.1 Å². The molecule has 3 nitrogen and oxygen atoms in total. The van der Waals surface area contributed by atoms with Crippen LogP contribution in [0.2, 0.25) is 0 Å². The van der Waals surface area contributed by atoms with Crippen molar-refractivity contribution in [3.8, 4) is 0 Å². The molecule has 0 spiro atoms. The molecule has 0 aliphatic carbocycles. The molecule has 0 bridgehead atoms. The molecule has 0 N–H and O–H groups in total. The van der Waals surface area contributed by atoms with E-state index < -0.39 is 0 Å². The smallest absolute Gasteiger partial charge is 0.309 e. The molecule has 0 fully saturated rings. The Morgan fingerprint density at radius 1 is 1.33 bits per heavy atom. The van der Waals surface area contributed by atoms with E-state index in [0.29, 0.717) is 6.42 Å². The second-order valence-electron chi connectivity index (χ2n) is 3.31. The van der Waals surface area contributed by atoms with Crippen LogP contribution >= 0.6 is 0 Å². The summed E-state index contributed by atoms with van der Waals surface area (Å²) in [6.45, 7) is 0. The number of ether oxygens (including phenoxy) is 1. The highest BCUT2D eigenvalue weighted by molar-refractivity contribution is 5.83. The van der Waals surface area contributed by atoms with Crippen LogP contribution in [0.1, 0.15) is 5.56 Å². The van der Waals surface area contributed by atoms with Crippen molar-refractivity contribution in [2.75, 3.05) is 7.11 Å². The van der Waals surface area contributed by atoms with Gasteiger partial charge in [0.25, 0.3) is 0 Å². The first-order valence-corrected chi connectivity index (χ1v) is 4.69. The molecule has 1 aromatic carbocycles. The molecule has 2 rings (SSSR count). The van der Waals surface area contributed by atoms with E-state index in [1.807, 2.05) is 24.3 Å². The SMILES string of the molecule is COC(=O)Cc1ccc2ccncc2c1. The van der Waals surface area contributed by atoms with Crippen LogP contribution in [-0.2, 0) is 16.0 Å². The van der Waals surface area contributed by atoms with E-state index in [1.165, 1.54) is 7.11 Å². The van der Waals surface area contributed by atoms with Crippen LogP contribution < -0.4 is 0 Å². The Morgan fingerprint density at radius 2 is 2.20 bits per heavy atom. The highest BCUT2D eigenvalue weighted by atomic mass is 16.5. The molecule has 0 saturated carbocycles. The van der Waals surface area contributed by atoms with Crippen molar-refractivity contribution >= 4 is 16.7 Å². The number of carbonyl (C=O) groups is 1. The zero-order valence-corrected chi connectivity index (χ0v) is 8.43. The Labute approximate surface area is 87.7 Å². The number of aromatic nitrogens is 1. The van der Waals surface area contributed by atoms with E-state index in [1.54, 1.807) is 12.4 Å². The first-order valence-electron chi connectivity index (χ1n) is 4.69. The molecule has 1 heterocycles. The van der Waals surface area contributed by atoms with Crippen molar-refractivity contribution in [3.05, 3.63) is 42.2 Å². The van der Waals surface area contributed by atoms with Crippen molar-refractivity contribution in [1.82, 2.24) is 4.98 Å². The fourth-order valence-electron chi connectivity index (χ4n) is 1.48. The molecule has 0 saturated heterocycles. The summed E-state index contributed by atoms with van der Waals surface area (Å²) in [5.41, 5.74) is 0.947. The Balaban J connectivity index is 2.34. The van der Waals surface area contributed by atoms with Gasteiger partial charge >= 0.3 is 5.97 Å². The lowest BCUT2D eigenvalue weighted by Crippen LogP contribution is -2.04. The Morgan fingerprint density at radius 3 is 3.00 bits per heavy atom. The van der Waals surface area contributed by atoms with Crippen LogP contribution in [0.15, 0.2) is 36.7 Å². The van der Waals surface area contributed by atoms with Gasteiger partial charge in [0, 0.05) is 17.8 Å². The standard InChI is InChI=1S/C12H11NO2/c1-15-12(14)7-9-2-3-10-4-5-13-8-11(10)6-9/h2-6,8H,7H2,1H3. The summed E-state index contributed by atoms with van der Waals surface area (Å²) in [5.74, 6) is -0.224. The minimum absolute atomic E-state index is 0.224. The Kier molecular flexibility index (Phi) is 2.63. The van der Waals surface area contributed by atoms with Crippen molar-refractivity contribution in [3.63, 3.8) is 0 Å². The number of methoxy groups -OCH3 is 1. The summed E-state index contributed by atoms with van der Waals surface area (Å²) in [7, 11) is 1.39. The van der Waals surface area contributed by atoms with E-state index in [4.69, 9.17) is 0 Å². The molecule has 76 valence electrons. The lowest BCUT2D eigenvalue weighted by Gasteiger charge is -2.02. The molecule has 1 aromatic heterocycles. The second kappa shape index (κ2) is 4.09. The maximum atomic E-state index is 11.1. The molecule has 2 aromatic rings. The quantitative estimate of drug-likeness (QED) is 0.697. The minimum Gasteiger partial charge on any atom is -0.469 e. The number of hydrogen-bond donors (Lipinski definition) is 0. The lowest BCUT2D eigenvalue weighted by molar-refractivity contribution is -0.139. The third kappa shape index (κ3) is 2.13. The zero-order valence-electron chi connectivity index (χ0n) is 8.43. The van der Waals surface area contributed by atoms with Gasteiger partial charge in [0.15, 0.2) is 0 Å². The molecule has 0 radical (unpaired) electrons. The summed E-state index contributed by atoms with van der Waals surface area (Å²) in [6.07, 6.45) is 3.85. The normalized spacial score (nSPS) is 10.2. The van der Waals surface area contributed by atoms with Gasteiger partial charge in [-0.1, -0.05) is 12.1 Å². The number of nitrogens with zero attached hydrogens (tertiary/aromatic N) is 1. The summed E-state index contributed by atoms with van der Waals surface area (Å²) in [5, 5.41) is 2.16. The van der Waals surface area contributed by atoms with E-state index >= 15 is 0 Å². The average Bonchev–Trinajstić information content (AvgIpc) is 2.29.